The Hall–Kier alpha value is -1.98. The molecule has 17 heavy (non-hydrogen) atoms. The monoisotopic (exact) mass is 226 g/mol. The van der Waals surface area contributed by atoms with Crippen LogP contribution in [0.15, 0.2) is 36.4 Å². The fraction of sp³-hybridized carbons (Fsp3) is 0.200. The van der Waals surface area contributed by atoms with Gasteiger partial charge in [0.1, 0.15) is 11.9 Å². The number of ether oxygens (including phenoxy) is 1. The summed E-state index contributed by atoms with van der Waals surface area (Å²) in [5.41, 5.74) is 0.922. The van der Waals surface area contributed by atoms with Gasteiger partial charge in [-0.1, -0.05) is 24.0 Å². The minimum Gasteiger partial charge on any atom is -0.497 e. The van der Waals surface area contributed by atoms with Crippen molar-refractivity contribution >= 4 is 10.8 Å². The van der Waals surface area contributed by atoms with E-state index in [4.69, 9.17) is 4.74 Å². The average molecular weight is 226 g/mol. The van der Waals surface area contributed by atoms with Gasteiger partial charge in [0.25, 0.3) is 0 Å². The topological polar surface area (TPSA) is 29.5 Å². The summed E-state index contributed by atoms with van der Waals surface area (Å²) in [5, 5.41) is 11.3. The van der Waals surface area contributed by atoms with Crippen molar-refractivity contribution in [1.29, 1.82) is 0 Å². The lowest BCUT2D eigenvalue weighted by molar-refractivity contribution is 0.253. The maximum Gasteiger partial charge on any atom is 0.119 e. The van der Waals surface area contributed by atoms with Crippen molar-refractivity contribution < 1.29 is 9.84 Å². The second-order valence-electron chi connectivity index (χ2n) is 3.84. The van der Waals surface area contributed by atoms with E-state index in [1.54, 1.807) is 14.0 Å². The Morgan fingerprint density at radius 1 is 1.24 bits per heavy atom. The maximum atomic E-state index is 9.17. The van der Waals surface area contributed by atoms with E-state index in [-0.39, 0.29) is 0 Å². The van der Waals surface area contributed by atoms with E-state index >= 15 is 0 Å². The molecule has 0 aliphatic rings. The molecule has 0 amide bonds. The number of aliphatic hydroxyl groups excluding tert-OH is 1. The van der Waals surface area contributed by atoms with Crippen molar-refractivity contribution in [3.8, 4) is 17.6 Å². The van der Waals surface area contributed by atoms with Crippen molar-refractivity contribution in [3.05, 3.63) is 42.0 Å². The Kier molecular flexibility index (Phi) is 3.32. The number of hydrogen-bond donors (Lipinski definition) is 1. The highest BCUT2D eigenvalue weighted by Crippen LogP contribution is 2.23. The Morgan fingerprint density at radius 3 is 2.76 bits per heavy atom. The summed E-state index contributed by atoms with van der Waals surface area (Å²) in [6, 6.07) is 11.8. The third-order valence-corrected chi connectivity index (χ3v) is 2.50. The van der Waals surface area contributed by atoms with Crippen LogP contribution in [0, 0.1) is 11.8 Å². The second-order valence-corrected chi connectivity index (χ2v) is 3.84. The molecular formula is C15H14O2. The summed E-state index contributed by atoms with van der Waals surface area (Å²) in [6.45, 7) is 1.65. The molecule has 1 atom stereocenters. The molecule has 0 saturated carbocycles. The lowest BCUT2D eigenvalue weighted by atomic mass is 10.0. The van der Waals surface area contributed by atoms with Crippen molar-refractivity contribution in [2.24, 2.45) is 0 Å². The zero-order valence-corrected chi connectivity index (χ0v) is 9.90. The maximum absolute atomic E-state index is 9.17. The first-order valence-electron chi connectivity index (χ1n) is 5.47. The Balaban J connectivity index is 2.55. The highest BCUT2D eigenvalue weighted by Gasteiger charge is 2.00. The van der Waals surface area contributed by atoms with E-state index in [1.807, 2.05) is 36.4 Å². The van der Waals surface area contributed by atoms with E-state index in [1.165, 1.54) is 0 Å². The highest BCUT2D eigenvalue weighted by atomic mass is 16.5. The highest BCUT2D eigenvalue weighted by molar-refractivity contribution is 5.89. The number of rotatable bonds is 1. The molecular weight excluding hydrogens is 212 g/mol. The van der Waals surface area contributed by atoms with Crippen molar-refractivity contribution in [1.82, 2.24) is 0 Å². The smallest absolute Gasteiger partial charge is 0.119 e. The third-order valence-electron chi connectivity index (χ3n) is 2.50. The van der Waals surface area contributed by atoms with Gasteiger partial charge in [-0.05, 0) is 42.0 Å². The van der Waals surface area contributed by atoms with Gasteiger partial charge in [0.05, 0.1) is 7.11 Å². The van der Waals surface area contributed by atoms with Crippen LogP contribution in [0.1, 0.15) is 12.5 Å². The number of aliphatic hydroxyl groups is 1. The zero-order valence-electron chi connectivity index (χ0n) is 9.90. The molecule has 0 aromatic heterocycles. The summed E-state index contributed by atoms with van der Waals surface area (Å²) in [4.78, 5) is 0. The van der Waals surface area contributed by atoms with Crippen LogP contribution in [0.25, 0.3) is 10.8 Å². The number of benzene rings is 2. The molecule has 0 heterocycles. The van der Waals surface area contributed by atoms with Crippen LogP contribution in [-0.4, -0.2) is 18.3 Å². The average Bonchev–Trinajstić information content (AvgIpc) is 2.35. The third kappa shape index (κ3) is 2.58. The van der Waals surface area contributed by atoms with Gasteiger partial charge in [-0.25, -0.2) is 0 Å². The molecule has 0 bridgehead atoms. The minimum atomic E-state index is -0.608. The molecule has 0 radical (unpaired) electrons. The van der Waals surface area contributed by atoms with Crippen LogP contribution in [0.4, 0.5) is 0 Å². The first-order valence-corrected chi connectivity index (χ1v) is 5.47. The van der Waals surface area contributed by atoms with E-state index in [0.717, 1.165) is 22.1 Å². The van der Waals surface area contributed by atoms with Gasteiger partial charge >= 0.3 is 0 Å². The van der Waals surface area contributed by atoms with Crippen LogP contribution >= 0.6 is 0 Å². The van der Waals surface area contributed by atoms with Crippen molar-refractivity contribution in [2.75, 3.05) is 7.11 Å². The molecule has 2 rings (SSSR count). The van der Waals surface area contributed by atoms with Gasteiger partial charge in [-0.15, -0.1) is 0 Å². The molecule has 2 heteroatoms. The van der Waals surface area contributed by atoms with Crippen LogP contribution in [0.2, 0.25) is 0 Å². The van der Waals surface area contributed by atoms with Crippen LogP contribution in [0.5, 0.6) is 5.75 Å². The minimum absolute atomic E-state index is 0.608. The summed E-state index contributed by atoms with van der Waals surface area (Å²) in [7, 11) is 1.65. The molecule has 0 fully saturated rings. The quantitative estimate of drug-likeness (QED) is 0.757. The Morgan fingerprint density at radius 2 is 2.06 bits per heavy atom. The molecule has 2 aromatic carbocycles. The lowest BCUT2D eigenvalue weighted by Crippen LogP contribution is -1.93. The normalized spacial score (nSPS) is 11.7. The number of methoxy groups -OCH3 is 1. The SMILES string of the molecule is COc1ccc2c(C#CC(C)O)cccc2c1. The fourth-order valence-corrected chi connectivity index (χ4v) is 1.68. The molecule has 0 aliphatic carbocycles. The second kappa shape index (κ2) is 4.90. The van der Waals surface area contributed by atoms with Crippen molar-refractivity contribution in [2.45, 2.75) is 13.0 Å². The summed E-state index contributed by atoms with van der Waals surface area (Å²) in [6.07, 6.45) is -0.608. The largest absolute Gasteiger partial charge is 0.497 e. The van der Waals surface area contributed by atoms with Gasteiger partial charge in [-0.2, -0.15) is 0 Å². The van der Waals surface area contributed by atoms with Crippen LogP contribution in [-0.2, 0) is 0 Å². The molecule has 86 valence electrons. The summed E-state index contributed by atoms with van der Waals surface area (Å²) in [5.74, 6) is 6.57. The number of fused-ring (bicyclic) bond motifs is 1. The standard InChI is InChI=1S/C15H14O2/c1-11(16)6-7-12-4-3-5-13-10-14(17-2)8-9-15(12)13/h3-5,8-11,16H,1-2H3. The molecule has 1 unspecified atom stereocenters. The van der Waals surface area contributed by atoms with E-state index < -0.39 is 6.10 Å². The van der Waals surface area contributed by atoms with Gasteiger partial charge in [-0.3, -0.25) is 0 Å². The van der Waals surface area contributed by atoms with Crippen LogP contribution < -0.4 is 4.74 Å². The van der Waals surface area contributed by atoms with E-state index in [2.05, 4.69) is 11.8 Å². The first kappa shape index (κ1) is 11.5. The van der Waals surface area contributed by atoms with Gasteiger partial charge < -0.3 is 9.84 Å². The van der Waals surface area contributed by atoms with E-state index in [0.29, 0.717) is 0 Å². The first-order chi connectivity index (χ1) is 8.20. The van der Waals surface area contributed by atoms with Crippen molar-refractivity contribution in [3.63, 3.8) is 0 Å². The van der Waals surface area contributed by atoms with Gasteiger partial charge in [0.15, 0.2) is 0 Å². The molecule has 1 N–H and O–H groups in total. The molecule has 0 saturated heterocycles. The molecule has 2 nitrogen and oxygen atoms in total. The Labute approximate surface area is 101 Å². The van der Waals surface area contributed by atoms with Gasteiger partial charge in [0, 0.05) is 5.56 Å². The fourth-order valence-electron chi connectivity index (χ4n) is 1.68. The molecule has 0 spiro atoms. The van der Waals surface area contributed by atoms with Crippen LogP contribution in [0.3, 0.4) is 0 Å². The number of hydrogen-bond acceptors (Lipinski definition) is 2. The predicted molar refractivity (Wildman–Crippen MR) is 69.1 cm³/mol. The lowest BCUT2D eigenvalue weighted by Gasteiger charge is -2.04. The van der Waals surface area contributed by atoms with E-state index in [9.17, 15) is 5.11 Å². The molecule has 2 aromatic rings. The zero-order chi connectivity index (χ0) is 12.3. The summed E-state index contributed by atoms with van der Waals surface area (Å²) >= 11 is 0. The molecule has 0 aliphatic heterocycles. The summed E-state index contributed by atoms with van der Waals surface area (Å²) < 4.78 is 5.18. The predicted octanol–water partition coefficient (Wildman–Crippen LogP) is 2.58. The Bertz CT molecular complexity index is 589. The van der Waals surface area contributed by atoms with Gasteiger partial charge in [0.2, 0.25) is 0 Å².